The highest BCUT2D eigenvalue weighted by molar-refractivity contribution is 6.04. The maximum Gasteiger partial charge on any atom is 0.255 e. The van der Waals surface area contributed by atoms with Gasteiger partial charge in [0.05, 0.1) is 6.10 Å². The second kappa shape index (κ2) is 11.4. The normalized spacial score (nSPS) is 10.7. The summed E-state index contributed by atoms with van der Waals surface area (Å²) in [5, 5.41) is 2.97. The average molecular weight is 449 g/mol. The molecule has 6 nitrogen and oxygen atoms in total. The van der Waals surface area contributed by atoms with Crippen molar-refractivity contribution in [3.63, 3.8) is 0 Å². The van der Waals surface area contributed by atoms with Crippen molar-refractivity contribution in [1.82, 2.24) is 0 Å². The number of nitrogens with one attached hydrogen (secondary N) is 1. The minimum Gasteiger partial charge on any atom is -0.492 e. The van der Waals surface area contributed by atoms with Crippen LogP contribution < -0.4 is 25.3 Å². The fourth-order valence-electron chi connectivity index (χ4n) is 3.48. The SMILES string of the molecule is Cc1cc(C(=O)Nc2cc(OCc3ccccc3)cc(OC(C)C)c2)cc(C)c1OCCN. The first kappa shape index (κ1) is 24.1. The molecule has 0 bridgehead atoms. The van der Waals surface area contributed by atoms with Gasteiger partial charge in [0, 0.05) is 36.0 Å². The molecule has 0 atom stereocenters. The number of rotatable bonds is 10. The molecule has 3 aromatic carbocycles. The largest absolute Gasteiger partial charge is 0.492 e. The summed E-state index contributed by atoms with van der Waals surface area (Å²) in [6.45, 7) is 9.03. The molecule has 6 heteroatoms. The molecule has 0 aliphatic carbocycles. The van der Waals surface area contributed by atoms with Gasteiger partial charge in [0.1, 0.15) is 30.5 Å². The van der Waals surface area contributed by atoms with Crippen molar-refractivity contribution in [2.75, 3.05) is 18.5 Å². The Hall–Kier alpha value is -3.51. The van der Waals surface area contributed by atoms with E-state index < -0.39 is 0 Å². The summed E-state index contributed by atoms with van der Waals surface area (Å²) in [4.78, 5) is 13.0. The Morgan fingerprint density at radius 2 is 1.61 bits per heavy atom. The standard InChI is InChI=1S/C27H32N2O4/c1-18(2)33-25-15-23(14-24(16-25)32-17-21-8-6-5-7-9-21)29-27(30)22-12-19(3)26(20(4)13-22)31-11-10-28/h5-9,12-16,18H,10-11,17,28H2,1-4H3,(H,29,30). The predicted octanol–water partition coefficient (Wildman–Crippen LogP) is 5.26. The summed E-state index contributed by atoms with van der Waals surface area (Å²) < 4.78 is 17.6. The van der Waals surface area contributed by atoms with E-state index in [1.807, 2.05) is 76.2 Å². The fraction of sp³-hybridized carbons (Fsp3) is 0.296. The molecule has 3 aromatic rings. The summed E-state index contributed by atoms with van der Waals surface area (Å²) in [6, 6.07) is 19.0. The second-order valence-electron chi connectivity index (χ2n) is 8.16. The third-order valence-electron chi connectivity index (χ3n) is 4.84. The summed E-state index contributed by atoms with van der Waals surface area (Å²) >= 11 is 0. The van der Waals surface area contributed by atoms with E-state index >= 15 is 0 Å². The minimum absolute atomic E-state index is 0.00992. The maximum atomic E-state index is 13.0. The lowest BCUT2D eigenvalue weighted by atomic mass is 10.0. The van der Waals surface area contributed by atoms with Crippen LogP contribution in [0.3, 0.4) is 0 Å². The monoisotopic (exact) mass is 448 g/mol. The lowest BCUT2D eigenvalue weighted by Gasteiger charge is -2.16. The van der Waals surface area contributed by atoms with Gasteiger partial charge in [-0.1, -0.05) is 30.3 Å². The Kier molecular flexibility index (Phi) is 8.33. The van der Waals surface area contributed by atoms with Gasteiger partial charge < -0.3 is 25.3 Å². The number of anilines is 1. The molecule has 0 saturated heterocycles. The van der Waals surface area contributed by atoms with Crippen molar-refractivity contribution in [2.45, 2.75) is 40.4 Å². The molecule has 1 amide bonds. The summed E-state index contributed by atoms with van der Waals surface area (Å²) in [5.41, 5.74) is 9.51. The van der Waals surface area contributed by atoms with Gasteiger partial charge in [-0.05, 0) is 56.5 Å². The molecule has 0 saturated carbocycles. The lowest BCUT2D eigenvalue weighted by Crippen LogP contribution is -2.15. The van der Waals surface area contributed by atoms with Gasteiger partial charge in [0.25, 0.3) is 5.91 Å². The van der Waals surface area contributed by atoms with Crippen molar-refractivity contribution in [3.05, 3.63) is 82.9 Å². The molecular formula is C27H32N2O4. The number of amides is 1. The molecule has 0 aliphatic heterocycles. The van der Waals surface area contributed by atoms with Crippen molar-refractivity contribution in [1.29, 1.82) is 0 Å². The highest BCUT2D eigenvalue weighted by Gasteiger charge is 2.14. The average Bonchev–Trinajstić information content (AvgIpc) is 2.77. The zero-order chi connectivity index (χ0) is 23.8. The van der Waals surface area contributed by atoms with Crippen LogP contribution in [-0.4, -0.2) is 25.2 Å². The van der Waals surface area contributed by atoms with Crippen LogP contribution in [-0.2, 0) is 6.61 Å². The smallest absolute Gasteiger partial charge is 0.255 e. The number of carbonyl (C=O) groups excluding carboxylic acids is 1. The van der Waals surface area contributed by atoms with Crippen molar-refractivity contribution >= 4 is 11.6 Å². The quantitative estimate of drug-likeness (QED) is 0.442. The van der Waals surface area contributed by atoms with Crippen molar-refractivity contribution < 1.29 is 19.0 Å². The molecule has 0 spiro atoms. The number of aryl methyl sites for hydroxylation is 2. The Balaban J connectivity index is 1.80. The zero-order valence-electron chi connectivity index (χ0n) is 19.7. The molecule has 0 heterocycles. The number of carbonyl (C=O) groups is 1. The number of benzene rings is 3. The van der Waals surface area contributed by atoms with Crippen LogP contribution in [0.5, 0.6) is 17.2 Å². The third-order valence-corrected chi connectivity index (χ3v) is 4.84. The van der Waals surface area contributed by atoms with E-state index in [-0.39, 0.29) is 12.0 Å². The van der Waals surface area contributed by atoms with Gasteiger partial charge in [-0.2, -0.15) is 0 Å². The van der Waals surface area contributed by atoms with E-state index in [1.165, 1.54) is 0 Å². The molecule has 174 valence electrons. The molecule has 3 N–H and O–H groups in total. The van der Waals surface area contributed by atoms with Crippen molar-refractivity contribution in [2.24, 2.45) is 5.73 Å². The molecule has 0 radical (unpaired) electrons. The first-order chi connectivity index (χ1) is 15.9. The molecule has 0 fully saturated rings. The van der Waals surface area contributed by atoms with Gasteiger partial charge in [-0.3, -0.25) is 4.79 Å². The second-order valence-corrected chi connectivity index (χ2v) is 8.16. The van der Waals surface area contributed by atoms with Gasteiger partial charge in [-0.15, -0.1) is 0 Å². The van der Waals surface area contributed by atoms with E-state index in [1.54, 1.807) is 12.1 Å². The van der Waals surface area contributed by atoms with E-state index in [4.69, 9.17) is 19.9 Å². The Bertz CT molecular complexity index is 1060. The van der Waals surface area contributed by atoms with Crippen LogP contribution in [0, 0.1) is 13.8 Å². The van der Waals surface area contributed by atoms with Gasteiger partial charge in [-0.25, -0.2) is 0 Å². The molecule has 3 rings (SSSR count). The number of ether oxygens (including phenoxy) is 3. The lowest BCUT2D eigenvalue weighted by molar-refractivity contribution is 0.102. The highest BCUT2D eigenvalue weighted by atomic mass is 16.5. The molecule has 33 heavy (non-hydrogen) atoms. The molecule has 0 unspecified atom stereocenters. The topological polar surface area (TPSA) is 82.8 Å². The predicted molar refractivity (Wildman–Crippen MR) is 131 cm³/mol. The first-order valence-electron chi connectivity index (χ1n) is 11.1. The van der Waals surface area contributed by atoms with Crippen molar-refractivity contribution in [3.8, 4) is 17.2 Å². The van der Waals surface area contributed by atoms with Crippen LogP contribution in [0.4, 0.5) is 5.69 Å². The fourth-order valence-corrected chi connectivity index (χ4v) is 3.48. The molecule has 0 aromatic heterocycles. The van der Waals surface area contributed by atoms with Crippen LogP contribution >= 0.6 is 0 Å². The molecule has 0 aliphatic rings. The van der Waals surface area contributed by atoms with Crippen LogP contribution in [0.15, 0.2) is 60.7 Å². The van der Waals surface area contributed by atoms with Crippen LogP contribution in [0.2, 0.25) is 0 Å². The number of hydrogen-bond acceptors (Lipinski definition) is 5. The highest BCUT2D eigenvalue weighted by Crippen LogP contribution is 2.29. The first-order valence-corrected chi connectivity index (χ1v) is 11.1. The van der Waals surface area contributed by atoms with E-state index in [9.17, 15) is 4.79 Å². The van der Waals surface area contributed by atoms with Gasteiger partial charge >= 0.3 is 0 Å². The van der Waals surface area contributed by atoms with E-state index in [0.717, 1.165) is 22.4 Å². The minimum atomic E-state index is -0.220. The summed E-state index contributed by atoms with van der Waals surface area (Å²) in [7, 11) is 0. The number of hydrogen-bond donors (Lipinski definition) is 2. The van der Waals surface area contributed by atoms with Crippen LogP contribution in [0.1, 0.15) is 40.9 Å². The van der Waals surface area contributed by atoms with Gasteiger partial charge in [0.15, 0.2) is 0 Å². The van der Waals surface area contributed by atoms with Crippen LogP contribution in [0.25, 0.3) is 0 Å². The van der Waals surface area contributed by atoms with E-state index in [2.05, 4.69) is 5.32 Å². The summed E-state index contributed by atoms with van der Waals surface area (Å²) in [5.74, 6) is 1.79. The van der Waals surface area contributed by atoms with Gasteiger partial charge in [0.2, 0.25) is 0 Å². The Morgan fingerprint density at radius 1 is 0.939 bits per heavy atom. The Morgan fingerprint density at radius 3 is 2.24 bits per heavy atom. The molecular weight excluding hydrogens is 416 g/mol. The zero-order valence-corrected chi connectivity index (χ0v) is 19.7. The third kappa shape index (κ3) is 6.99. The number of nitrogens with two attached hydrogens (primary N) is 1. The Labute approximate surface area is 195 Å². The maximum absolute atomic E-state index is 13.0. The van der Waals surface area contributed by atoms with E-state index in [0.29, 0.717) is 42.5 Å². The summed E-state index contributed by atoms with van der Waals surface area (Å²) in [6.07, 6.45) is -0.00992.